The van der Waals surface area contributed by atoms with E-state index in [0.717, 1.165) is 11.9 Å². The molecule has 4 nitrogen and oxygen atoms in total. The van der Waals surface area contributed by atoms with Crippen molar-refractivity contribution >= 4 is 0 Å². The molecule has 0 unspecified atom stereocenters. The van der Waals surface area contributed by atoms with Gasteiger partial charge in [-0.3, -0.25) is 4.98 Å². The highest BCUT2D eigenvalue weighted by molar-refractivity contribution is 5.55. The Bertz CT molecular complexity index is 455. The lowest BCUT2D eigenvalue weighted by Crippen LogP contribution is -2.04. The van der Waals surface area contributed by atoms with Crippen LogP contribution < -0.4 is 5.32 Å². The van der Waals surface area contributed by atoms with Crippen LogP contribution in [0.3, 0.4) is 0 Å². The molecule has 2 aromatic heterocycles. The summed E-state index contributed by atoms with van der Waals surface area (Å²) in [7, 11) is 1.82. The molecular formula is C10H10FN3O. The molecule has 0 spiro atoms. The standard InChI is InChI=1S/C10H10FN3O/c1-12-6-9-3-10(15-14-9)7-2-8(11)5-13-4-7/h2-5,12H,6H2,1H3. The van der Waals surface area contributed by atoms with Gasteiger partial charge in [-0.1, -0.05) is 5.16 Å². The summed E-state index contributed by atoms with van der Waals surface area (Å²) in [6.07, 6.45) is 2.68. The molecular weight excluding hydrogens is 197 g/mol. The van der Waals surface area contributed by atoms with E-state index in [1.807, 2.05) is 7.05 Å². The van der Waals surface area contributed by atoms with E-state index in [1.165, 1.54) is 12.3 Å². The van der Waals surface area contributed by atoms with Crippen molar-refractivity contribution in [2.75, 3.05) is 7.05 Å². The second-order valence-corrected chi connectivity index (χ2v) is 3.10. The second kappa shape index (κ2) is 4.18. The first kappa shape index (κ1) is 9.79. The number of nitrogens with one attached hydrogen (secondary N) is 1. The van der Waals surface area contributed by atoms with Gasteiger partial charge in [0.25, 0.3) is 0 Å². The minimum Gasteiger partial charge on any atom is -0.356 e. The number of hydrogen-bond donors (Lipinski definition) is 1. The predicted octanol–water partition coefficient (Wildman–Crippen LogP) is 1.60. The molecule has 2 heterocycles. The van der Waals surface area contributed by atoms with Crippen molar-refractivity contribution in [3.8, 4) is 11.3 Å². The summed E-state index contributed by atoms with van der Waals surface area (Å²) in [5.41, 5.74) is 1.36. The van der Waals surface area contributed by atoms with Crippen LogP contribution >= 0.6 is 0 Å². The highest BCUT2D eigenvalue weighted by Gasteiger charge is 2.07. The van der Waals surface area contributed by atoms with Gasteiger partial charge in [-0.25, -0.2) is 4.39 Å². The van der Waals surface area contributed by atoms with Gasteiger partial charge in [0, 0.05) is 24.4 Å². The lowest BCUT2D eigenvalue weighted by atomic mass is 10.2. The summed E-state index contributed by atoms with van der Waals surface area (Å²) in [5, 5.41) is 6.77. The summed E-state index contributed by atoms with van der Waals surface area (Å²) in [6.45, 7) is 0.617. The van der Waals surface area contributed by atoms with Gasteiger partial charge in [-0.05, 0) is 13.1 Å². The molecule has 78 valence electrons. The van der Waals surface area contributed by atoms with Crippen LogP contribution in [-0.4, -0.2) is 17.2 Å². The van der Waals surface area contributed by atoms with Crippen LogP contribution in [0.15, 0.2) is 29.0 Å². The van der Waals surface area contributed by atoms with Crippen LogP contribution in [0, 0.1) is 5.82 Å². The Morgan fingerprint density at radius 2 is 2.27 bits per heavy atom. The molecule has 0 aliphatic heterocycles. The fourth-order valence-electron chi connectivity index (χ4n) is 1.26. The maximum Gasteiger partial charge on any atom is 0.168 e. The average molecular weight is 207 g/mol. The summed E-state index contributed by atoms with van der Waals surface area (Å²) >= 11 is 0. The van der Waals surface area contributed by atoms with Crippen LogP contribution in [0.25, 0.3) is 11.3 Å². The van der Waals surface area contributed by atoms with E-state index in [2.05, 4.69) is 15.5 Å². The molecule has 0 aliphatic rings. The van der Waals surface area contributed by atoms with Crippen LogP contribution in [0.5, 0.6) is 0 Å². The minimum absolute atomic E-state index is 0.390. The first-order valence-corrected chi connectivity index (χ1v) is 4.50. The van der Waals surface area contributed by atoms with Crippen LogP contribution in [0.2, 0.25) is 0 Å². The fourth-order valence-corrected chi connectivity index (χ4v) is 1.26. The third-order valence-corrected chi connectivity index (χ3v) is 1.91. The largest absolute Gasteiger partial charge is 0.356 e. The Hall–Kier alpha value is -1.75. The van der Waals surface area contributed by atoms with E-state index in [-0.39, 0.29) is 5.82 Å². The monoisotopic (exact) mass is 207 g/mol. The number of rotatable bonds is 3. The topological polar surface area (TPSA) is 51.0 Å². The first-order chi connectivity index (χ1) is 7.29. The zero-order valence-corrected chi connectivity index (χ0v) is 8.20. The van der Waals surface area contributed by atoms with Gasteiger partial charge in [-0.15, -0.1) is 0 Å². The Morgan fingerprint density at radius 3 is 3.00 bits per heavy atom. The number of pyridine rings is 1. The normalized spacial score (nSPS) is 10.5. The molecule has 0 fully saturated rings. The maximum absolute atomic E-state index is 12.9. The molecule has 5 heteroatoms. The Balaban J connectivity index is 2.29. The minimum atomic E-state index is -0.390. The van der Waals surface area contributed by atoms with Crippen molar-refractivity contribution in [1.82, 2.24) is 15.5 Å². The molecule has 0 bridgehead atoms. The number of halogens is 1. The molecule has 0 atom stereocenters. The van der Waals surface area contributed by atoms with Gasteiger partial charge in [0.1, 0.15) is 5.82 Å². The van der Waals surface area contributed by atoms with E-state index in [4.69, 9.17) is 4.52 Å². The van der Waals surface area contributed by atoms with E-state index in [9.17, 15) is 4.39 Å². The molecule has 0 radical (unpaired) electrons. The summed E-state index contributed by atoms with van der Waals surface area (Å²) in [5.74, 6) is 0.131. The van der Waals surface area contributed by atoms with Crippen LogP contribution in [0.4, 0.5) is 4.39 Å². The number of nitrogens with zero attached hydrogens (tertiary/aromatic N) is 2. The highest BCUT2D eigenvalue weighted by Crippen LogP contribution is 2.19. The third kappa shape index (κ3) is 2.19. The molecule has 2 rings (SSSR count). The zero-order valence-electron chi connectivity index (χ0n) is 8.20. The Kier molecular flexibility index (Phi) is 2.73. The van der Waals surface area contributed by atoms with E-state index >= 15 is 0 Å². The predicted molar refractivity (Wildman–Crippen MR) is 52.5 cm³/mol. The molecule has 0 aliphatic carbocycles. The van der Waals surface area contributed by atoms with Crippen molar-refractivity contribution in [3.63, 3.8) is 0 Å². The fraction of sp³-hybridized carbons (Fsp3) is 0.200. The quantitative estimate of drug-likeness (QED) is 0.830. The molecule has 0 aromatic carbocycles. The van der Waals surface area contributed by atoms with E-state index in [0.29, 0.717) is 17.9 Å². The smallest absolute Gasteiger partial charge is 0.168 e. The Labute approximate surface area is 86.1 Å². The molecule has 1 N–H and O–H groups in total. The highest BCUT2D eigenvalue weighted by atomic mass is 19.1. The second-order valence-electron chi connectivity index (χ2n) is 3.10. The zero-order chi connectivity index (χ0) is 10.7. The Morgan fingerprint density at radius 1 is 1.40 bits per heavy atom. The van der Waals surface area contributed by atoms with Gasteiger partial charge < -0.3 is 9.84 Å². The van der Waals surface area contributed by atoms with Crippen molar-refractivity contribution in [1.29, 1.82) is 0 Å². The number of hydrogen-bond acceptors (Lipinski definition) is 4. The lowest BCUT2D eigenvalue weighted by Gasteiger charge is -1.93. The SMILES string of the molecule is CNCc1cc(-c2cncc(F)c2)on1. The van der Waals surface area contributed by atoms with Crippen molar-refractivity contribution < 1.29 is 8.91 Å². The van der Waals surface area contributed by atoms with Crippen LogP contribution in [0.1, 0.15) is 5.69 Å². The number of aromatic nitrogens is 2. The van der Waals surface area contributed by atoms with Gasteiger partial charge in [0.15, 0.2) is 5.76 Å². The molecule has 0 saturated heterocycles. The van der Waals surface area contributed by atoms with Gasteiger partial charge in [-0.2, -0.15) is 0 Å². The van der Waals surface area contributed by atoms with E-state index < -0.39 is 0 Å². The maximum atomic E-state index is 12.9. The molecule has 15 heavy (non-hydrogen) atoms. The average Bonchev–Trinajstić information content (AvgIpc) is 2.67. The summed E-state index contributed by atoms with van der Waals surface area (Å²) < 4.78 is 17.9. The third-order valence-electron chi connectivity index (χ3n) is 1.91. The first-order valence-electron chi connectivity index (χ1n) is 4.50. The molecule has 2 aromatic rings. The van der Waals surface area contributed by atoms with Gasteiger partial charge in [0.2, 0.25) is 0 Å². The van der Waals surface area contributed by atoms with Gasteiger partial charge >= 0.3 is 0 Å². The molecule has 0 amide bonds. The lowest BCUT2D eigenvalue weighted by molar-refractivity contribution is 0.421. The van der Waals surface area contributed by atoms with E-state index in [1.54, 1.807) is 6.07 Å². The van der Waals surface area contributed by atoms with Crippen molar-refractivity contribution in [2.24, 2.45) is 0 Å². The molecule has 0 saturated carbocycles. The van der Waals surface area contributed by atoms with Crippen molar-refractivity contribution in [2.45, 2.75) is 6.54 Å². The van der Waals surface area contributed by atoms with Gasteiger partial charge in [0.05, 0.1) is 11.9 Å². The van der Waals surface area contributed by atoms with Crippen LogP contribution in [-0.2, 0) is 6.54 Å². The summed E-state index contributed by atoms with van der Waals surface area (Å²) in [4.78, 5) is 3.74. The summed E-state index contributed by atoms with van der Waals surface area (Å²) in [6, 6.07) is 3.11. The van der Waals surface area contributed by atoms with Crippen molar-refractivity contribution in [3.05, 3.63) is 36.0 Å².